The number of benzene rings is 1. The van der Waals surface area contributed by atoms with Crippen molar-refractivity contribution in [3.8, 4) is 12.3 Å². The summed E-state index contributed by atoms with van der Waals surface area (Å²) in [5.74, 6) is -0.385. The number of nitriles is 2. The third-order valence-electron chi connectivity index (χ3n) is 4.37. The molecule has 1 aliphatic heterocycles. The number of nitrogens with two attached hydrogens (primary N) is 2. The summed E-state index contributed by atoms with van der Waals surface area (Å²) in [6, 6.07) is 7.38. The van der Waals surface area contributed by atoms with Gasteiger partial charge in [0.15, 0.2) is 6.19 Å². The zero-order chi connectivity index (χ0) is 19.8. The molecule has 6 N–H and O–H groups in total. The Hall–Kier alpha value is -4.44. The van der Waals surface area contributed by atoms with Gasteiger partial charge in [-0.05, 0) is 12.1 Å². The molecule has 3 aromatic rings. The molecule has 0 saturated heterocycles. The van der Waals surface area contributed by atoms with Gasteiger partial charge in [0.25, 0.3) is 0 Å². The molecule has 1 aromatic carbocycles. The van der Waals surface area contributed by atoms with Crippen molar-refractivity contribution < 1.29 is 4.39 Å². The fourth-order valence-corrected chi connectivity index (χ4v) is 3.13. The summed E-state index contributed by atoms with van der Waals surface area (Å²) in [5.41, 5.74) is 13.0. The lowest BCUT2D eigenvalue weighted by atomic mass is 9.94. The quantitative estimate of drug-likeness (QED) is 0.370. The van der Waals surface area contributed by atoms with Crippen LogP contribution in [0.5, 0.6) is 0 Å². The standard InChI is InChI=1S/C18H12FN9/c19-11-5-12-8(2-1-3-24-12)4-9(11)15-13-14(22)10(6-20)16(23)27-17(13)28-18(26-15)25-7-21/h1-5,15H,(H6,22,23,25,26,27,28). The molecule has 0 spiro atoms. The van der Waals surface area contributed by atoms with Crippen LogP contribution in [0.25, 0.3) is 10.9 Å². The van der Waals surface area contributed by atoms with E-state index in [-0.39, 0.29) is 34.4 Å². The highest BCUT2D eigenvalue weighted by Crippen LogP contribution is 2.41. The number of anilines is 3. The molecule has 0 aliphatic carbocycles. The summed E-state index contributed by atoms with van der Waals surface area (Å²) in [6.45, 7) is 0. The normalized spacial score (nSPS) is 15.0. The number of hydrogen-bond acceptors (Lipinski definition) is 9. The maximum absolute atomic E-state index is 14.9. The Labute approximate surface area is 158 Å². The second-order valence-corrected chi connectivity index (χ2v) is 5.97. The monoisotopic (exact) mass is 373 g/mol. The Bertz CT molecular complexity index is 1240. The minimum atomic E-state index is -0.947. The molecule has 2 aromatic heterocycles. The molecular formula is C18H12FN9. The number of nitrogens with zero attached hydrogens (tertiary/aromatic N) is 5. The van der Waals surface area contributed by atoms with Gasteiger partial charge in [-0.3, -0.25) is 10.3 Å². The van der Waals surface area contributed by atoms with Crippen LogP contribution in [-0.4, -0.2) is 15.9 Å². The van der Waals surface area contributed by atoms with Crippen molar-refractivity contribution in [1.82, 2.24) is 15.3 Å². The molecule has 28 heavy (non-hydrogen) atoms. The Morgan fingerprint density at radius 3 is 2.82 bits per heavy atom. The highest BCUT2D eigenvalue weighted by atomic mass is 19.1. The molecule has 0 fully saturated rings. The summed E-state index contributed by atoms with van der Waals surface area (Å²) in [6.07, 6.45) is 3.31. The molecule has 1 atom stereocenters. The Balaban J connectivity index is 2.00. The molecule has 3 heterocycles. The van der Waals surface area contributed by atoms with Gasteiger partial charge in [0.05, 0.1) is 11.2 Å². The van der Waals surface area contributed by atoms with Gasteiger partial charge in [-0.25, -0.2) is 14.4 Å². The van der Waals surface area contributed by atoms with Crippen LogP contribution in [0.1, 0.15) is 22.7 Å². The molecule has 1 unspecified atom stereocenters. The molecule has 0 radical (unpaired) electrons. The van der Waals surface area contributed by atoms with Gasteiger partial charge in [0.2, 0.25) is 5.96 Å². The number of rotatable bonds is 1. The Morgan fingerprint density at radius 1 is 1.25 bits per heavy atom. The zero-order valence-corrected chi connectivity index (χ0v) is 14.2. The fraction of sp³-hybridized carbons (Fsp3) is 0.0556. The predicted octanol–water partition coefficient (Wildman–Crippen LogP) is 1.75. The summed E-state index contributed by atoms with van der Waals surface area (Å²) in [5, 5.41) is 24.1. The van der Waals surface area contributed by atoms with Crippen LogP contribution in [0, 0.1) is 28.6 Å². The van der Waals surface area contributed by atoms with E-state index in [1.54, 1.807) is 30.6 Å². The van der Waals surface area contributed by atoms with E-state index >= 15 is 0 Å². The van der Waals surface area contributed by atoms with Gasteiger partial charge in [0.1, 0.15) is 35.1 Å². The van der Waals surface area contributed by atoms with Gasteiger partial charge in [-0.2, -0.15) is 10.5 Å². The van der Waals surface area contributed by atoms with Gasteiger partial charge < -0.3 is 16.8 Å². The van der Waals surface area contributed by atoms with Crippen LogP contribution in [0.3, 0.4) is 0 Å². The molecule has 10 heteroatoms. The van der Waals surface area contributed by atoms with Crippen LogP contribution in [-0.2, 0) is 0 Å². The van der Waals surface area contributed by atoms with E-state index in [1.165, 1.54) is 6.07 Å². The second-order valence-electron chi connectivity index (χ2n) is 5.97. The largest absolute Gasteiger partial charge is 0.397 e. The van der Waals surface area contributed by atoms with Crippen molar-refractivity contribution in [1.29, 1.82) is 10.5 Å². The molecule has 0 amide bonds. The molecule has 4 rings (SSSR count). The number of fused-ring (bicyclic) bond motifs is 2. The molecule has 1 aliphatic rings. The first kappa shape index (κ1) is 17.0. The van der Waals surface area contributed by atoms with Crippen molar-refractivity contribution in [3.05, 3.63) is 53.0 Å². The number of nitrogens with one attached hydrogen (secondary N) is 2. The van der Waals surface area contributed by atoms with E-state index in [9.17, 15) is 9.65 Å². The number of nitrogen functional groups attached to an aromatic ring is 2. The second kappa shape index (κ2) is 6.37. The fourth-order valence-electron chi connectivity index (χ4n) is 3.13. The molecule has 0 bridgehead atoms. The van der Waals surface area contributed by atoms with Crippen molar-refractivity contribution in [2.24, 2.45) is 4.99 Å². The van der Waals surface area contributed by atoms with Crippen LogP contribution < -0.4 is 22.1 Å². The molecule has 136 valence electrons. The summed E-state index contributed by atoms with van der Waals surface area (Å²) >= 11 is 0. The van der Waals surface area contributed by atoms with Gasteiger partial charge in [0, 0.05) is 28.8 Å². The zero-order valence-electron chi connectivity index (χ0n) is 14.2. The number of halogens is 1. The lowest BCUT2D eigenvalue weighted by Gasteiger charge is -2.26. The highest BCUT2D eigenvalue weighted by Gasteiger charge is 2.31. The van der Waals surface area contributed by atoms with E-state index < -0.39 is 11.9 Å². The lowest BCUT2D eigenvalue weighted by molar-refractivity contribution is 0.601. The first-order valence-corrected chi connectivity index (χ1v) is 8.06. The highest BCUT2D eigenvalue weighted by molar-refractivity contribution is 5.98. The van der Waals surface area contributed by atoms with Crippen LogP contribution in [0.15, 0.2) is 35.5 Å². The minimum absolute atomic E-state index is 0.0136. The maximum Gasteiger partial charge on any atom is 0.211 e. The lowest BCUT2D eigenvalue weighted by Crippen LogP contribution is -2.33. The first-order valence-electron chi connectivity index (χ1n) is 8.06. The topological polar surface area (TPSA) is 162 Å². The van der Waals surface area contributed by atoms with E-state index in [4.69, 9.17) is 16.7 Å². The first-order chi connectivity index (χ1) is 13.5. The van der Waals surface area contributed by atoms with Crippen molar-refractivity contribution in [2.75, 3.05) is 16.8 Å². The molecular weight excluding hydrogens is 361 g/mol. The summed E-state index contributed by atoms with van der Waals surface area (Å²) < 4.78 is 14.9. The summed E-state index contributed by atoms with van der Waals surface area (Å²) in [7, 11) is 0. The predicted molar refractivity (Wildman–Crippen MR) is 101 cm³/mol. The third kappa shape index (κ3) is 2.57. The summed E-state index contributed by atoms with van der Waals surface area (Å²) in [4.78, 5) is 12.6. The molecule has 0 saturated carbocycles. The minimum Gasteiger partial charge on any atom is -0.397 e. The number of hydrogen-bond donors (Lipinski definition) is 4. The van der Waals surface area contributed by atoms with Crippen LogP contribution >= 0.6 is 0 Å². The van der Waals surface area contributed by atoms with Crippen molar-refractivity contribution in [3.63, 3.8) is 0 Å². The average molecular weight is 373 g/mol. The van der Waals surface area contributed by atoms with E-state index in [0.29, 0.717) is 16.5 Å². The average Bonchev–Trinajstić information content (AvgIpc) is 2.67. The SMILES string of the molecule is N#CNC1=NC(c2cc3cccnc3cc2F)c2c(nc(N)c(C#N)c2N)N1. The van der Waals surface area contributed by atoms with Gasteiger partial charge in [-0.1, -0.05) is 6.07 Å². The smallest absolute Gasteiger partial charge is 0.211 e. The van der Waals surface area contributed by atoms with Crippen LogP contribution in [0.4, 0.5) is 21.7 Å². The number of aromatic nitrogens is 2. The maximum atomic E-state index is 14.9. The number of aliphatic imine (C=N–C) groups is 1. The van der Waals surface area contributed by atoms with Gasteiger partial charge >= 0.3 is 0 Å². The van der Waals surface area contributed by atoms with E-state index in [2.05, 4.69) is 25.6 Å². The van der Waals surface area contributed by atoms with E-state index in [0.717, 1.165) is 0 Å². The number of guanidine groups is 1. The van der Waals surface area contributed by atoms with Gasteiger partial charge in [-0.15, -0.1) is 0 Å². The Morgan fingerprint density at radius 2 is 2.07 bits per heavy atom. The van der Waals surface area contributed by atoms with Crippen molar-refractivity contribution >= 4 is 34.2 Å². The third-order valence-corrected chi connectivity index (χ3v) is 4.37. The van der Waals surface area contributed by atoms with Crippen molar-refractivity contribution in [2.45, 2.75) is 6.04 Å². The number of pyridine rings is 2. The molecule has 9 nitrogen and oxygen atoms in total. The van der Waals surface area contributed by atoms with Crippen LogP contribution in [0.2, 0.25) is 0 Å². The Kier molecular flexibility index (Phi) is 3.87. The van der Waals surface area contributed by atoms with E-state index in [1.807, 2.05) is 6.07 Å².